The van der Waals surface area contributed by atoms with Gasteiger partial charge in [0.15, 0.2) is 0 Å². The van der Waals surface area contributed by atoms with Crippen LogP contribution in [0.4, 0.5) is 4.39 Å². The third-order valence-electron chi connectivity index (χ3n) is 4.06. The number of hydrogen-bond donors (Lipinski definition) is 1. The third kappa shape index (κ3) is 5.63. The SMILES string of the molecule is CC(C)CNCc1ccc(SC2CCCC(C)C2)c(F)c1. The fourth-order valence-corrected chi connectivity index (χ4v) is 4.31. The summed E-state index contributed by atoms with van der Waals surface area (Å²) in [6.07, 6.45) is 5.08. The van der Waals surface area contributed by atoms with Crippen LogP contribution in [-0.4, -0.2) is 11.8 Å². The second kappa shape index (κ2) is 8.19. The smallest absolute Gasteiger partial charge is 0.137 e. The van der Waals surface area contributed by atoms with Gasteiger partial charge in [0.05, 0.1) is 0 Å². The molecule has 0 bridgehead atoms. The summed E-state index contributed by atoms with van der Waals surface area (Å²) in [4.78, 5) is 0.821. The molecule has 1 aliphatic rings. The Hall–Kier alpha value is -0.540. The van der Waals surface area contributed by atoms with Gasteiger partial charge in [-0.25, -0.2) is 4.39 Å². The second-order valence-corrected chi connectivity index (χ2v) is 8.14. The molecule has 0 radical (unpaired) electrons. The first-order valence-corrected chi connectivity index (χ1v) is 9.08. The van der Waals surface area contributed by atoms with E-state index in [2.05, 4.69) is 32.2 Å². The van der Waals surface area contributed by atoms with E-state index in [9.17, 15) is 4.39 Å². The zero-order valence-electron chi connectivity index (χ0n) is 13.5. The predicted octanol–water partition coefficient (Wildman–Crippen LogP) is 5.24. The number of thioether (sulfide) groups is 1. The summed E-state index contributed by atoms with van der Waals surface area (Å²) in [7, 11) is 0. The Labute approximate surface area is 133 Å². The molecular weight excluding hydrogens is 281 g/mol. The predicted molar refractivity (Wildman–Crippen MR) is 90.2 cm³/mol. The van der Waals surface area contributed by atoms with Crippen LogP contribution >= 0.6 is 11.8 Å². The number of halogens is 1. The van der Waals surface area contributed by atoms with Gasteiger partial charge in [-0.05, 0) is 48.9 Å². The van der Waals surface area contributed by atoms with Crippen molar-refractivity contribution in [2.24, 2.45) is 11.8 Å². The van der Waals surface area contributed by atoms with Gasteiger partial charge in [-0.3, -0.25) is 0 Å². The van der Waals surface area contributed by atoms with Crippen molar-refractivity contribution in [3.63, 3.8) is 0 Å². The molecule has 0 aliphatic heterocycles. The minimum atomic E-state index is -0.0536. The largest absolute Gasteiger partial charge is 0.312 e. The molecule has 0 aromatic heterocycles. The molecular formula is C18H28FNS. The molecule has 0 spiro atoms. The van der Waals surface area contributed by atoms with Crippen molar-refractivity contribution in [3.8, 4) is 0 Å². The lowest BCUT2D eigenvalue weighted by Crippen LogP contribution is -2.19. The van der Waals surface area contributed by atoms with Gasteiger partial charge in [-0.15, -0.1) is 11.8 Å². The van der Waals surface area contributed by atoms with E-state index >= 15 is 0 Å². The molecule has 0 heterocycles. The molecule has 1 nitrogen and oxygen atoms in total. The highest BCUT2D eigenvalue weighted by Crippen LogP contribution is 2.37. The molecule has 2 unspecified atom stereocenters. The number of nitrogens with one attached hydrogen (secondary N) is 1. The van der Waals surface area contributed by atoms with Crippen molar-refractivity contribution in [1.29, 1.82) is 0 Å². The van der Waals surface area contributed by atoms with Crippen molar-refractivity contribution >= 4 is 11.8 Å². The first-order chi connectivity index (χ1) is 10.0. The van der Waals surface area contributed by atoms with E-state index < -0.39 is 0 Å². The maximum Gasteiger partial charge on any atom is 0.137 e. The van der Waals surface area contributed by atoms with E-state index in [0.29, 0.717) is 11.2 Å². The normalized spacial score (nSPS) is 22.7. The van der Waals surface area contributed by atoms with E-state index in [-0.39, 0.29) is 5.82 Å². The number of rotatable bonds is 6. The Morgan fingerprint density at radius 3 is 2.81 bits per heavy atom. The lowest BCUT2D eigenvalue weighted by Gasteiger charge is -2.26. The summed E-state index contributed by atoms with van der Waals surface area (Å²) in [6, 6.07) is 5.72. The summed E-state index contributed by atoms with van der Waals surface area (Å²) < 4.78 is 14.2. The summed E-state index contributed by atoms with van der Waals surface area (Å²) in [5.74, 6) is 1.36. The van der Waals surface area contributed by atoms with Gasteiger partial charge in [-0.1, -0.05) is 39.7 Å². The molecule has 2 rings (SSSR count). The first-order valence-electron chi connectivity index (χ1n) is 8.20. The molecule has 1 N–H and O–H groups in total. The minimum absolute atomic E-state index is 0.0536. The van der Waals surface area contributed by atoms with E-state index in [0.717, 1.165) is 29.5 Å². The van der Waals surface area contributed by atoms with Gasteiger partial charge in [0, 0.05) is 16.7 Å². The van der Waals surface area contributed by atoms with Crippen LogP contribution in [0.3, 0.4) is 0 Å². The van der Waals surface area contributed by atoms with Crippen molar-refractivity contribution in [2.75, 3.05) is 6.54 Å². The van der Waals surface area contributed by atoms with Crippen LogP contribution in [0.25, 0.3) is 0 Å². The summed E-state index contributed by atoms with van der Waals surface area (Å²) >= 11 is 1.74. The van der Waals surface area contributed by atoms with Gasteiger partial charge in [0.2, 0.25) is 0 Å². The highest BCUT2D eigenvalue weighted by molar-refractivity contribution is 8.00. The van der Waals surface area contributed by atoms with Gasteiger partial charge in [-0.2, -0.15) is 0 Å². The molecule has 1 aliphatic carbocycles. The molecule has 1 aromatic carbocycles. The number of hydrogen-bond acceptors (Lipinski definition) is 2. The molecule has 118 valence electrons. The van der Waals surface area contributed by atoms with Crippen molar-refractivity contribution in [2.45, 2.75) is 63.1 Å². The number of benzene rings is 1. The Morgan fingerprint density at radius 2 is 2.14 bits per heavy atom. The molecule has 1 aromatic rings. The molecule has 1 fully saturated rings. The van der Waals surface area contributed by atoms with Crippen molar-refractivity contribution in [3.05, 3.63) is 29.6 Å². The van der Waals surface area contributed by atoms with E-state index in [1.807, 2.05) is 6.07 Å². The molecule has 21 heavy (non-hydrogen) atoms. The highest BCUT2D eigenvalue weighted by atomic mass is 32.2. The molecule has 1 saturated carbocycles. The topological polar surface area (TPSA) is 12.0 Å². The summed E-state index contributed by atoms with van der Waals surface area (Å²) in [5.41, 5.74) is 1.04. The zero-order chi connectivity index (χ0) is 15.2. The maximum atomic E-state index is 14.2. The molecule has 0 amide bonds. The van der Waals surface area contributed by atoms with Crippen LogP contribution in [-0.2, 0) is 6.54 Å². The Morgan fingerprint density at radius 1 is 1.33 bits per heavy atom. The van der Waals surface area contributed by atoms with Crippen LogP contribution in [0.5, 0.6) is 0 Å². The third-order valence-corrected chi connectivity index (χ3v) is 5.41. The molecule has 0 saturated heterocycles. The van der Waals surface area contributed by atoms with E-state index in [4.69, 9.17) is 0 Å². The van der Waals surface area contributed by atoms with Crippen molar-refractivity contribution in [1.82, 2.24) is 5.32 Å². The maximum absolute atomic E-state index is 14.2. The quantitative estimate of drug-likeness (QED) is 0.771. The minimum Gasteiger partial charge on any atom is -0.312 e. The summed E-state index contributed by atoms with van der Waals surface area (Å²) in [6.45, 7) is 8.39. The van der Waals surface area contributed by atoms with E-state index in [1.54, 1.807) is 17.8 Å². The summed E-state index contributed by atoms with van der Waals surface area (Å²) in [5, 5.41) is 3.95. The zero-order valence-corrected chi connectivity index (χ0v) is 14.3. The average Bonchev–Trinajstić information content (AvgIpc) is 2.41. The fraction of sp³-hybridized carbons (Fsp3) is 0.667. The van der Waals surface area contributed by atoms with Crippen LogP contribution in [0.15, 0.2) is 23.1 Å². The monoisotopic (exact) mass is 309 g/mol. The van der Waals surface area contributed by atoms with Gasteiger partial charge in [0.1, 0.15) is 5.82 Å². The van der Waals surface area contributed by atoms with Crippen LogP contribution < -0.4 is 5.32 Å². The van der Waals surface area contributed by atoms with Crippen LogP contribution in [0.1, 0.15) is 52.0 Å². The first kappa shape index (κ1) is 16.8. The van der Waals surface area contributed by atoms with Gasteiger partial charge >= 0.3 is 0 Å². The van der Waals surface area contributed by atoms with E-state index in [1.165, 1.54) is 25.7 Å². The second-order valence-electron chi connectivity index (χ2n) is 6.80. The van der Waals surface area contributed by atoms with Crippen LogP contribution in [0, 0.1) is 17.7 Å². The average molecular weight is 309 g/mol. The lowest BCUT2D eigenvalue weighted by atomic mass is 9.91. The van der Waals surface area contributed by atoms with Crippen LogP contribution in [0.2, 0.25) is 0 Å². The Bertz CT molecular complexity index is 447. The molecule has 3 heteroatoms. The standard InChI is InChI=1S/C18H28FNS/c1-13(2)11-20-12-15-7-8-18(17(19)10-15)21-16-6-4-5-14(3)9-16/h7-8,10,13-14,16,20H,4-6,9,11-12H2,1-3H3. The fourth-order valence-electron chi connectivity index (χ4n) is 2.92. The van der Waals surface area contributed by atoms with Gasteiger partial charge < -0.3 is 5.32 Å². The van der Waals surface area contributed by atoms with Crippen molar-refractivity contribution < 1.29 is 4.39 Å². The Kier molecular flexibility index (Phi) is 6.56. The highest BCUT2D eigenvalue weighted by Gasteiger charge is 2.20. The van der Waals surface area contributed by atoms with Gasteiger partial charge in [0.25, 0.3) is 0 Å². The Balaban J connectivity index is 1.89. The molecule has 2 atom stereocenters. The lowest BCUT2D eigenvalue weighted by molar-refractivity contribution is 0.394.